The minimum Gasteiger partial charge on any atom is -0.377 e. The summed E-state index contributed by atoms with van der Waals surface area (Å²) in [4.78, 5) is 0. The van der Waals surface area contributed by atoms with E-state index in [0.29, 0.717) is 6.04 Å². The molecule has 0 bridgehead atoms. The smallest absolute Gasteiger partial charge is 0.0825 e. The molecular formula is C15H25N5. The number of rotatable bonds is 7. The van der Waals surface area contributed by atoms with Crippen LogP contribution in [-0.4, -0.2) is 19.6 Å². The quantitative estimate of drug-likeness (QED) is 0.842. The van der Waals surface area contributed by atoms with Crippen molar-refractivity contribution in [3.05, 3.63) is 29.8 Å². The zero-order chi connectivity index (χ0) is 14.5. The normalized spacial score (nSPS) is 12.6. The average molecular weight is 275 g/mol. The molecule has 0 aliphatic rings. The summed E-state index contributed by atoms with van der Waals surface area (Å²) in [5.74, 6) is 0. The van der Waals surface area contributed by atoms with Crippen molar-refractivity contribution in [1.82, 2.24) is 19.6 Å². The lowest BCUT2D eigenvalue weighted by molar-refractivity contribution is 0.462. The van der Waals surface area contributed by atoms with Gasteiger partial charge in [-0.15, -0.1) is 0 Å². The third-order valence-corrected chi connectivity index (χ3v) is 3.62. The van der Waals surface area contributed by atoms with Gasteiger partial charge in [0.05, 0.1) is 23.6 Å². The highest BCUT2D eigenvalue weighted by molar-refractivity contribution is 5.45. The first kappa shape index (κ1) is 14.6. The van der Waals surface area contributed by atoms with E-state index in [1.54, 1.807) is 0 Å². The number of nitrogens with zero attached hydrogens (tertiary/aromatic N) is 4. The lowest BCUT2D eigenvalue weighted by Crippen LogP contribution is -2.12. The lowest BCUT2D eigenvalue weighted by atomic mass is 10.2. The molecule has 1 atom stereocenters. The Hall–Kier alpha value is -1.78. The first-order valence-electron chi connectivity index (χ1n) is 7.46. The van der Waals surface area contributed by atoms with E-state index >= 15 is 0 Å². The van der Waals surface area contributed by atoms with Crippen LogP contribution in [-0.2, 0) is 13.1 Å². The first-order valence-corrected chi connectivity index (χ1v) is 7.46. The molecule has 0 amide bonds. The fraction of sp³-hybridized carbons (Fsp3) is 0.600. The van der Waals surface area contributed by atoms with E-state index in [1.165, 1.54) is 5.69 Å². The third kappa shape index (κ3) is 3.21. The second-order valence-corrected chi connectivity index (χ2v) is 5.27. The molecule has 0 aliphatic carbocycles. The molecule has 0 unspecified atom stereocenters. The van der Waals surface area contributed by atoms with Crippen LogP contribution in [0.3, 0.4) is 0 Å². The van der Waals surface area contributed by atoms with E-state index in [0.717, 1.165) is 37.3 Å². The zero-order valence-electron chi connectivity index (χ0n) is 12.9. The molecule has 0 saturated carbocycles. The Balaban J connectivity index is 2.03. The van der Waals surface area contributed by atoms with E-state index in [1.807, 2.05) is 17.8 Å². The SMILES string of the molecule is CCCn1cc(NCc2ccnn2[C@@H](C)CC)c(C)n1. The third-order valence-electron chi connectivity index (χ3n) is 3.62. The first-order chi connectivity index (χ1) is 9.65. The van der Waals surface area contributed by atoms with Gasteiger partial charge in [-0.3, -0.25) is 9.36 Å². The van der Waals surface area contributed by atoms with Crippen LogP contribution in [0.1, 0.15) is 51.0 Å². The van der Waals surface area contributed by atoms with Gasteiger partial charge < -0.3 is 5.32 Å². The van der Waals surface area contributed by atoms with Crippen molar-refractivity contribution in [3.8, 4) is 0 Å². The Kier molecular flexibility index (Phi) is 4.82. The van der Waals surface area contributed by atoms with E-state index in [-0.39, 0.29) is 0 Å². The van der Waals surface area contributed by atoms with Crippen LogP contribution < -0.4 is 5.32 Å². The van der Waals surface area contributed by atoms with Gasteiger partial charge in [-0.2, -0.15) is 10.2 Å². The molecule has 1 N–H and O–H groups in total. The van der Waals surface area contributed by atoms with Gasteiger partial charge in [0.25, 0.3) is 0 Å². The predicted octanol–water partition coefficient (Wildman–Crippen LogP) is 3.38. The molecule has 2 aromatic rings. The highest BCUT2D eigenvalue weighted by Gasteiger charge is 2.09. The highest BCUT2D eigenvalue weighted by Crippen LogP contribution is 2.16. The summed E-state index contributed by atoms with van der Waals surface area (Å²) in [6, 6.07) is 2.51. The van der Waals surface area contributed by atoms with Crippen molar-refractivity contribution in [1.29, 1.82) is 0 Å². The van der Waals surface area contributed by atoms with E-state index in [4.69, 9.17) is 0 Å². The van der Waals surface area contributed by atoms with Crippen molar-refractivity contribution in [2.75, 3.05) is 5.32 Å². The number of aromatic nitrogens is 4. The van der Waals surface area contributed by atoms with E-state index in [2.05, 4.69) is 53.2 Å². The van der Waals surface area contributed by atoms with Crippen molar-refractivity contribution >= 4 is 5.69 Å². The molecule has 0 spiro atoms. The monoisotopic (exact) mass is 275 g/mol. The summed E-state index contributed by atoms with van der Waals surface area (Å²) in [7, 11) is 0. The van der Waals surface area contributed by atoms with Crippen molar-refractivity contribution in [2.45, 2.75) is 59.7 Å². The molecule has 0 aromatic carbocycles. The standard InChI is InChI=1S/C15H25N5/c1-5-9-19-11-15(13(4)18-19)16-10-14-7-8-17-20(14)12(3)6-2/h7-8,11-12,16H,5-6,9-10H2,1-4H3/t12-/m0/s1. The van der Waals surface area contributed by atoms with Crippen LogP contribution in [0.4, 0.5) is 5.69 Å². The van der Waals surface area contributed by atoms with Crippen LogP contribution in [0, 0.1) is 6.92 Å². The van der Waals surface area contributed by atoms with Gasteiger partial charge in [0, 0.05) is 25.0 Å². The van der Waals surface area contributed by atoms with Gasteiger partial charge in [0.2, 0.25) is 0 Å². The lowest BCUT2D eigenvalue weighted by Gasteiger charge is -2.14. The number of nitrogens with one attached hydrogen (secondary N) is 1. The van der Waals surface area contributed by atoms with Gasteiger partial charge in [0.15, 0.2) is 0 Å². The fourth-order valence-electron chi connectivity index (χ4n) is 2.27. The Morgan fingerprint density at radius 2 is 2.15 bits per heavy atom. The average Bonchev–Trinajstić information content (AvgIpc) is 3.03. The zero-order valence-corrected chi connectivity index (χ0v) is 12.9. The van der Waals surface area contributed by atoms with Gasteiger partial charge in [-0.1, -0.05) is 13.8 Å². The summed E-state index contributed by atoms with van der Waals surface area (Å²) >= 11 is 0. The molecule has 110 valence electrons. The summed E-state index contributed by atoms with van der Waals surface area (Å²) in [6.45, 7) is 10.3. The van der Waals surface area contributed by atoms with Crippen LogP contribution in [0.15, 0.2) is 18.5 Å². The molecule has 5 nitrogen and oxygen atoms in total. The Morgan fingerprint density at radius 1 is 1.35 bits per heavy atom. The van der Waals surface area contributed by atoms with Crippen LogP contribution in [0.25, 0.3) is 0 Å². The van der Waals surface area contributed by atoms with Crippen LogP contribution in [0.5, 0.6) is 0 Å². The van der Waals surface area contributed by atoms with Crippen LogP contribution >= 0.6 is 0 Å². The maximum atomic E-state index is 4.51. The molecule has 0 radical (unpaired) electrons. The van der Waals surface area contributed by atoms with Crippen LogP contribution in [0.2, 0.25) is 0 Å². The van der Waals surface area contributed by atoms with Crippen molar-refractivity contribution < 1.29 is 0 Å². The number of anilines is 1. The molecule has 2 aromatic heterocycles. The summed E-state index contributed by atoms with van der Waals surface area (Å²) in [5, 5.41) is 12.4. The second kappa shape index (κ2) is 6.59. The molecule has 20 heavy (non-hydrogen) atoms. The molecule has 2 heterocycles. The molecule has 2 rings (SSSR count). The minimum absolute atomic E-state index is 0.436. The maximum absolute atomic E-state index is 4.51. The van der Waals surface area contributed by atoms with Crippen molar-refractivity contribution in [2.24, 2.45) is 0 Å². The topological polar surface area (TPSA) is 47.7 Å². The molecule has 0 saturated heterocycles. The molecule has 0 aliphatic heterocycles. The highest BCUT2D eigenvalue weighted by atomic mass is 15.3. The fourth-order valence-corrected chi connectivity index (χ4v) is 2.27. The molecular weight excluding hydrogens is 250 g/mol. The maximum Gasteiger partial charge on any atom is 0.0825 e. The Bertz CT molecular complexity index is 540. The molecule has 5 heteroatoms. The summed E-state index contributed by atoms with van der Waals surface area (Å²) in [5.41, 5.74) is 3.37. The van der Waals surface area contributed by atoms with Gasteiger partial charge in [-0.25, -0.2) is 0 Å². The Morgan fingerprint density at radius 3 is 2.85 bits per heavy atom. The second-order valence-electron chi connectivity index (χ2n) is 5.27. The van der Waals surface area contributed by atoms with Crippen molar-refractivity contribution in [3.63, 3.8) is 0 Å². The molecule has 0 fully saturated rings. The van der Waals surface area contributed by atoms with E-state index in [9.17, 15) is 0 Å². The predicted molar refractivity (Wildman–Crippen MR) is 81.8 cm³/mol. The van der Waals surface area contributed by atoms with E-state index < -0.39 is 0 Å². The minimum atomic E-state index is 0.436. The summed E-state index contributed by atoms with van der Waals surface area (Å²) in [6.07, 6.45) is 6.14. The van der Waals surface area contributed by atoms with Gasteiger partial charge >= 0.3 is 0 Å². The Labute approximate surface area is 121 Å². The van der Waals surface area contributed by atoms with Gasteiger partial charge in [-0.05, 0) is 32.8 Å². The largest absolute Gasteiger partial charge is 0.377 e. The number of hydrogen-bond donors (Lipinski definition) is 1. The van der Waals surface area contributed by atoms with Gasteiger partial charge in [0.1, 0.15) is 0 Å². The number of hydrogen-bond acceptors (Lipinski definition) is 3. The summed E-state index contributed by atoms with van der Waals surface area (Å²) < 4.78 is 4.10. The number of aryl methyl sites for hydroxylation is 2.